The highest BCUT2D eigenvalue weighted by molar-refractivity contribution is 6.30. The SMILES string of the molecule is O=[C]c1ccc(C2CC2c2ccc(Cl)cc2)cc1. The second kappa shape index (κ2) is 4.58. The molecule has 1 fully saturated rings. The Labute approximate surface area is 111 Å². The van der Waals surface area contributed by atoms with Crippen LogP contribution >= 0.6 is 11.6 Å². The summed E-state index contributed by atoms with van der Waals surface area (Å²) in [6.45, 7) is 0. The van der Waals surface area contributed by atoms with Gasteiger partial charge in [0.1, 0.15) is 0 Å². The normalized spacial score (nSPS) is 21.6. The average Bonchev–Trinajstić information content (AvgIpc) is 3.20. The van der Waals surface area contributed by atoms with Crippen LogP contribution in [0.5, 0.6) is 0 Å². The number of rotatable bonds is 3. The standard InChI is InChI=1S/C16H12ClO/c17-14-7-5-13(6-8-14)16-9-15(16)12-3-1-11(10-18)2-4-12/h1-8,15-16H,9H2. The van der Waals surface area contributed by atoms with Crippen molar-refractivity contribution in [3.05, 3.63) is 70.2 Å². The average molecular weight is 256 g/mol. The van der Waals surface area contributed by atoms with Crippen LogP contribution in [0.4, 0.5) is 0 Å². The van der Waals surface area contributed by atoms with Crippen molar-refractivity contribution in [2.24, 2.45) is 0 Å². The van der Waals surface area contributed by atoms with E-state index in [-0.39, 0.29) is 0 Å². The minimum Gasteiger partial charge on any atom is -0.285 e. The van der Waals surface area contributed by atoms with Gasteiger partial charge in [0, 0.05) is 10.6 Å². The van der Waals surface area contributed by atoms with Crippen LogP contribution in [0, 0.1) is 0 Å². The zero-order chi connectivity index (χ0) is 12.5. The van der Waals surface area contributed by atoms with E-state index in [1.165, 1.54) is 17.5 Å². The molecule has 0 spiro atoms. The Balaban J connectivity index is 1.76. The van der Waals surface area contributed by atoms with Gasteiger partial charge in [-0.2, -0.15) is 0 Å². The van der Waals surface area contributed by atoms with E-state index in [4.69, 9.17) is 11.6 Å². The summed E-state index contributed by atoms with van der Waals surface area (Å²) in [7, 11) is 0. The monoisotopic (exact) mass is 255 g/mol. The highest BCUT2D eigenvalue weighted by atomic mass is 35.5. The molecule has 2 unspecified atom stereocenters. The Kier molecular flexibility index (Phi) is 2.92. The van der Waals surface area contributed by atoms with Crippen molar-refractivity contribution in [1.29, 1.82) is 0 Å². The summed E-state index contributed by atoms with van der Waals surface area (Å²) in [5.41, 5.74) is 3.26. The molecule has 3 rings (SSSR count). The molecule has 0 aromatic heterocycles. The summed E-state index contributed by atoms with van der Waals surface area (Å²) in [6.07, 6.45) is 3.07. The van der Waals surface area contributed by atoms with E-state index in [0.29, 0.717) is 17.4 Å². The highest BCUT2D eigenvalue weighted by Crippen LogP contribution is 2.54. The molecular formula is C16H12ClO. The van der Waals surface area contributed by atoms with Crippen molar-refractivity contribution in [3.8, 4) is 0 Å². The van der Waals surface area contributed by atoms with E-state index < -0.39 is 0 Å². The van der Waals surface area contributed by atoms with E-state index >= 15 is 0 Å². The number of carbonyl (C=O) groups excluding carboxylic acids is 1. The summed E-state index contributed by atoms with van der Waals surface area (Å²) < 4.78 is 0. The predicted molar refractivity (Wildman–Crippen MR) is 72.8 cm³/mol. The second-order valence-electron chi connectivity index (χ2n) is 4.72. The lowest BCUT2D eigenvalue weighted by Crippen LogP contribution is -1.86. The highest BCUT2D eigenvalue weighted by Gasteiger charge is 2.39. The lowest BCUT2D eigenvalue weighted by molar-refractivity contribution is 0.563. The van der Waals surface area contributed by atoms with Crippen LogP contribution in [-0.2, 0) is 4.79 Å². The topological polar surface area (TPSA) is 17.1 Å². The molecule has 2 heteroatoms. The van der Waals surface area contributed by atoms with Crippen molar-refractivity contribution in [1.82, 2.24) is 0 Å². The van der Waals surface area contributed by atoms with Gasteiger partial charge in [0.25, 0.3) is 0 Å². The molecule has 2 aromatic carbocycles. The second-order valence-corrected chi connectivity index (χ2v) is 5.16. The molecule has 89 valence electrons. The summed E-state index contributed by atoms with van der Waals surface area (Å²) in [6, 6.07) is 15.8. The number of hydrogen-bond donors (Lipinski definition) is 0. The smallest absolute Gasteiger partial charge is 0.233 e. The van der Waals surface area contributed by atoms with Gasteiger partial charge < -0.3 is 0 Å². The minimum absolute atomic E-state index is 0.576. The molecule has 2 aromatic rings. The molecular weight excluding hydrogens is 244 g/mol. The Morgan fingerprint density at radius 2 is 1.39 bits per heavy atom. The molecule has 1 saturated carbocycles. The van der Waals surface area contributed by atoms with Crippen molar-refractivity contribution < 1.29 is 4.79 Å². The number of benzene rings is 2. The molecule has 0 N–H and O–H groups in total. The van der Waals surface area contributed by atoms with Crippen molar-refractivity contribution >= 4 is 17.9 Å². The van der Waals surface area contributed by atoms with Gasteiger partial charge in [0.15, 0.2) is 0 Å². The van der Waals surface area contributed by atoms with Gasteiger partial charge in [-0.05, 0) is 41.5 Å². The Morgan fingerprint density at radius 1 is 0.889 bits per heavy atom. The first-order chi connectivity index (χ1) is 8.78. The molecule has 0 heterocycles. The maximum atomic E-state index is 10.5. The van der Waals surface area contributed by atoms with Crippen LogP contribution < -0.4 is 0 Å². The van der Waals surface area contributed by atoms with E-state index in [2.05, 4.69) is 12.1 Å². The van der Waals surface area contributed by atoms with Crippen molar-refractivity contribution in [3.63, 3.8) is 0 Å². The Morgan fingerprint density at radius 3 is 1.89 bits per heavy atom. The van der Waals surface area contributed by atoms with E-state index in [1.54, 1.807) is 0 Å². The van der Waals surface area contributed by atoms with Gasteiger partial charge in [0.2, 0.25) is 6.29 Å². The van der Waals surface area contributed by atoms with Crippen molar-refractivity contribution in [2.75, 3.05) is 0 Å². The van der Waals surface area contributed by atoms with Crippen LogP contribution in [-0.4, -0.2) is 6.29 Å². The van der Waals surface area contributed by atoms with Gasteiger partial charge in [-0.25, -0.2) is 0 Å². The molecule has 0 amide bonds. The summed E-state index contributed by atoms with van der Waals surface area (Å²) in [5.74, 6) is 1.17. The third kappa shape index (κ3) is 2.19. The zero-order valence-corrected chi connectivity index (χ0v) is 10.5. The quantitative estimate of drug-likeness (QED) is 0.808. The van der Waals surface area contributed by atoms with Gasteiger partial charge in [-0.15, -0.1) is 0 Å². The fraction of sp³-hybridized carbons (Fsp3) is 0.188. The lowest BCUT2D eigenvalue weighted by Gasteiger charge is -2.02. The molecule has 1 aliphatic carbocycles. The molecule has 1 nitrogen and oxygen atoms in total. The first-order valence-electron chi connectivity index (χ1n) is 6.01. The molecule has 18 heavy (non-hydrogen) atoms. The van der Waals surface area contributed by atoms with Crippen molar-refractivity contribution in [2.45, 2.75) is 18.3 Å². The molecule has 0 bridgehead atoms. The van der Waals surface area contributed by atoms with Crippen LogP contribution in [0.15, 0.2) is 48.5 Å². The summed E-state index contributed by atoms with van der Waals surface area (Å²) >= 11 is 5.89. The van der Waals surface area contributed by atoms with Crippen LogP contribution in [0.2, 0.25) is 5.02 Å². The maximum Gasteiger partial charge on any atom is 0.233 e. The number of hydrogen-bond acceptors (Lipinski definition) is 1. The van der Waals surface area contributed by atoms with Gasteiger partial charge in [0.05, 0.1) is 0 Å². The Bertz CT molecular complexity index is 557. The van der Waals surface area contributed by atoms with Crippen LogP contribution in [0.3, 0.4) is 0 Å². The first kappa shape index (κ1) is 11.5. The van der Waals surface area contributed by atoms with E-state index in [0.717, 1.165) is 5.02 Å². The van der Waals surface area contributed by atoms with Gasteiger partial charge >= 0.3 is 0 Å². The molecule has 0 aliphatic heterocycles. The fourth-order valence-corrected chi connectivity index (χ4v) is 2.57. The van der Waals surface area contributed by atoms with Gasteiger partial charge in [-0.1, -0.05) is 48.0 Å². The first-order valence-corrected chi connectivity index (χ1v) is 6.39. The molecule has 2 atom stereocenters. The van der Waals surface area contributed by atoms with Crippen LogP contribution in [0.25, 0.3) is 0 Å². The summed E-state index contributed by atoms with van der Waals surface area (Å²) in [4.78, 5) is 10.5. The third-order valence-electron chi connectivity index (χ3n) is 3.55. The number of halogens is 1. The molecule has 0 saturated heterocycles. The predicted octanol–water partition coefficient (Wildman–Crippen LogP) is 4.07. The fourth-order valence-electron chi connectivity index (χ4n) is 2.44. The largest absolute Gasteiger partial charge is 0.285 e. The van der Waals surface area contributed by atoms with E-state index in [9.17, 15) is 4.79 Å². The minimum atomic E-state index is 0.576. The van der Waals surface area contributed by atoms with Crippen LogP contribution in [0.1, 0.15) is 34.9 Å². The summed E-state index contributed by atoms with van der Waals surface area (Å²) in [5, 5.41) is 0.779. The lowest BCUT2D eigenvalue weighted by atomic mass is 10.0. The maximum absolute atomic E-state index is 10.5. The zero-order valence-electron chi connectivity index (χ0n) is 9.77. The molecule has 1 radical (unpaired) electrons. The molecule has 1 aliphatic rings. The van der Waals surface area contributed by atoms with E-state index in [1.807, 2.05) is 42.7 Å². The van der Waals surface area contributed by atoms with Gasteiger partial charge in [-0.3, -0.25) is 4.79 Å². The third-order valence-corrected chi connectivity index (χ3v) is 3.80. The Hall–Kier alpha value is -1.60.